The Morgan fingerprint density at radius 1 is 1.00 bits per heavy atom. The lowest BCUT2D eigenvalue weighted by molar-refractivity contribution is 0.102. The lowest BCUT2D eigenvalue weighted by Gasteiger charge is -2.12. The topological polar surface area (TPSA) is 97.4 Å². The summed E-state index contributed by atoms with van der Waals surface area (Å²) >= 11 is 0. The monoisotopic (exact) mass is 433 g/mol. The quantitative estimate of drug-likeness (QED) is 0.747. The van der Waals surface area contributed by atoms with Gasteiger partial charge in [0, 0.05) is 11.8 Å². The molecule has 1 N–H and O–H groups in total. The molecule has 0 aliphatic carbocycles. The molecule has 0 bridgehead atoms. The van der Waals surface area contributed by atoms with Crippen LogP contribution >= 0.6 is 0 Å². The van der Waals surface area contributed by atoms with Gasteiger partial charge in [-0.25, -0.2) is 30.0 Å². The summed E-state index contributed by atoms with van der Waals surface area (Å²) in [6.45, 7) is 0. The summed E-state index contributed by atoms with van der Waals surface area (Å²) in [5.74, 6) is -5.26. The summed E-state index contributed by atoms with van der Waals surface area (Å²) in [4.78, 5) is 11.9. The predicted molar refractivity (Wildman–Crippen MR) is 95.0 cm³/mol. The SMILES string of the molecule is O=C(Nc1ccc(F)c(F)c1)c1cc(S(=O)(=O)[C@H]2CCS(=O)(=O)C2)ccc1F. The standard InChI is InChI=1S/C17H14F3NO5S2/c18-14-4-2-11(28(25,26)12-5-6-27(23,24)9-12)8-13(14)17(22)21-10-1-3-15(19)16(20)7-10/h1-4,7-8,12H,5-6,9H2,(H,21,22)/t12-/m0/s1. The zero-order valence-electron chi connectivity index (χ0n) is 14.2. The van der Waals surface area contributed by atoms with Crippen LogP contribution in [0.2, 0.25) is 0 Å². The number of nitrogens with one attached hydrogen (secondary N) is 1. The Balaban J connectivity index is 1.90. The van der Waals surface area contributed by atoms with Crippen molar-refractivity contribution in [1.82, 2.24) is 0 Å². The fraction of sp³-hybridized carbons (Fsp3) is 0.235. The molecule has 0 spiro atoms. The second kappa shape index (κ2) is 7.21. The third kappa shape index (κ3) is 4.04. The van der Waals surface area contributed by atoms with Crippen molar-refractivity contribution >= 4 is 31.3 Å². The Kier molecular flexibility index (Phi) is 5.24. The maximum Gasteiger partial charge on any atom is 0.258 e. The van der Waals surface area contributed by atoms with E-state index in [1.807, 2.05) is 0 Å². The molecule has 28 heavy (non-hydrogen) atoms. The van der Waals surface area contributed by atoms with E-state index >= 15 is 0 Å². The van der Waals surface area contributed by atoms with Gasteiger partial charge in [-0.05, 0) is 36.8 Å². The van der Waals surface area contributed by atoms with Crippen LogP contribution in [-0.4, -0.2) is 39.5 Å². The van der Waals surface area contributed by atoms with Crippen molar-refractivity contribution in [2.45, 2.75) is 16.6 Å². The smallest absolute Gasteiger partial charge is 0.258 e. The number of anilines is 1. The molecule has 1 atom stereocenters. The average molecular weight is 433 g/mol. The highest BCUT2D eigenvalue weighted by Crippen LogP contribution is 2.27. The van der Waals surface area contributed by atoms with E-state index in [1.165, 1.54) is 0 Å². The van der Waals surface area contributed by atoms with E-state index in [0.717, 1.165) is 30.3 Å². The fourth-order valence-corrected chi connectivity index (χ4v) is 7.21. The number of sulfone groups is 2. The molecule has 1 aliphatic heterocycles. The highest BCUT2D eigenvalue weighted by atomic mass is 32.2. The second-order valence-electron chi connectivity index (χ2n) is 6.29. The van der Waals surface area contributed by atoms with E-state index in [9.17, 15) is 34.8 Å². The lowest BCUT2D eigenvalue weighted by Crippen LogP contribution is -2.23. The Hall–Kier alpha value is -2.40. The summed E-state index contributed by atoms with van der Waals surface area (Å²) in [5, 5.41) is 0.976. The first-order valence-corrected chi connectivity index (χ1v) is 11.4. The normalized spacial score (nSPS) is 18.8. The van der Waals surface area contributed by atoms with Crippen molar-refractivity contribution in [3.05, 3.63) is 59.4 Å². The van der Waals surface area contributed by atoms with Crippen LogP contribution in [0.1, 0.15) is 16.8 Å². The molecule has 1 heterocycles. The molecule has 1 saturated heterocycles. The van der Waals surface area contributed by atoms with E-state index in [1.54, 1.807) is 0 Å². The van der Waals surface area contributed by atoms with Crippen LogP contribution in [0.3, 0.4) is 0 Å². The average Bonchev–Trinajstić information content (AvgIpc) is 2.99. The molecule has 2 aromatic rings. The molecule has 1 aliphatic rings. The van der Waals surface area contributed by atoms with Crippen molar-refractivity contribution in [3.63, 3.8) is 0 Å². The minimum atomic E-state index is -4.10. The second-order valence-corrected chi connectivity index (χ2v) is 10.8. The van der Waals surface area contributed by atoms with Gasteiger partial charge < -0.3 is 5.32 Å². The molecule has 3 rings (SSSR count). The molecule has 150 valence electrons. The largest absolute Gasteiger partial charge is 0.322 e. The van der Waals surface area contributed by atoms with Crippen molar-refractivity contribution in [3.8, 4) is 0 Å². The van der Waals surface area contributed by atoms with Gasteiger partial charge in [0.2, 0.25) is 0 Å². The minimum absolute atomic E-state index is 0.0849. The Morgan fingerprint density at radius 3 is 2.29 bits per heavy atom. The summed E-state index contributed by atoms with van der Waals surface area (Å²) < 4.78 is 88.7. The summed E-state index contributed by atoms with van der Waals surface area (Å²) in [7, 11) is -7.57. The van der Waals surface area contributed by atoms with Crippen LogP contribution < -0.4 is 5.32 Å². The molecule has 6 nitrogen and oxygen atoms in total. The number of hydrogen-bond acceptors (Lipinski definition) is 5. The maximum atomic E-state index is 14.1. The lowest BCUT2D eigenvalue weighted by atomic mass is 10.2. The molecule has 0 aromatic heterocycles. The van der Waals surface area contributed by atoms with Crippen molar-refractivity contribution in [2.24, 2.45) is 0 Å². The van der Waals surface area contributed by atoms with Gasteiger partial charge in [0.15, 0.2) is 31.3 Å². The van der Waals surface area contributed by atoms with Gasteiger partial charge in [0.25, 0.3) is 5.91 Å². The van der Waals surface area contributed by atoms with E-state index < -0.39 is 64.5 Å². The number of carbonyl (C=O) groups excluding carboxylic acids is 1. The molecule has 2 aromatic carbocycles. The number of amides is 1. The zero-order valence-corrected chi connectivity index (χ0v) is 15.8. The first kappa shape index (κ1) is 20.3. The van der Waals surface area contributed by atoms with E-state index in [2.05, 4.69) is 5.32 Å². The summed E-state index contributed by atoms with van der Waals surface area (Å²) in [6.07, 6.45) is -0.0849. The molecular weight excluding hydrogens is 419 g/mol. The van der Waals surface area contributed by atoms with E-state index in [0.29, 0.717) is 6.07 Å². The van der Waals surface area contributed by atoms with Crippen molar-refractivity contribution in [2.75, 3.05) is 16.8 Å². The molecule has 1 amide bonds. The molecule has 0 saturated carbocycles. The van der Waals surface area contributed by atoms with Crippen molar-refractivity contribution < 1.29 is 34.8 Å². The summed E-state index contributed by atoms with van der Waals surface area (Å²) in [5.41, 5.74) is -0.787. The van der Waals surface area contributed by atoms with Crippen LogP contribution in [0.25, 0.3) is 0 Å². The molecule has 11 heteroatoms. The van der Waals surface area contributed by atoms with E-state index in [4.69, 9.17) is 0 Å². The van der Waals surface area contributed by atoms with Crippen LogP contribution in [0, 0.1) is 17.5 Å². The van der Waals surface area contributed by atoms with Gasteiger partial charge in [-0.1, -0.05) is 0 Å². The van der Waals surface area contributed by atoms with Crippen LogP contribution in [0.5, 0.6) is 0 Å². The van der Waals surface area contributed by atoms with E-state index in [-0.39, 0.29) is 17.9 Å². The highest BCUT2D eigenvalue weighted by molar-refractivity contribution is 7.96. The number of halogens is 3. The van der Waals surface area contributed by atoms with Gasteiger partial charge in [-0.2, -0.15) is 0 Å². The first-order chi connectivity index (χ1) is 13.0. The Labute approximate surface area is 159 Å². The van der Waals surface area contributed by atoms with Gasteiger partial charge >= 0.3 is 0 Å². The number of benzene rings is 2. The third-order valence-electron chi connectivity index (χ3n) is 4.32. The highest BCUT2D eigenvalue weighted by Gasteiger charge is 2.38. The molecule has 0 unspecified atom stereocenters. The molecule has 1 fully saturated rings. The molecule has 0 radical (unpaired) electrons. The zero-order chi connectivity index (χ0) is 20.7. The van der Waals surface area contributed by atoms with Crippen molar-refractivity contribution in [1.29, 1.82) is 0 Å². The number of carbonyl (C=O) groups is 1. The number of hydrogen-bond donors (Lipinski definition) is 1. The first-order valence-electron chi connectivity index (χ1n) is 8.00. The molecular formula is C17H14F3NO5S2. The minimum Gasteiger partial charge on any atom is -0.322 e. The third-order valence-corrected chi connectivity index (χ3v) is 8.49. The maximum absolute atomic E-state index is 14.1. The van der Waals surface area contributed by atoms with Gasteiger partial charge in [0.1, 0.15) is 5.82 Å². The van der Waals surface area contributed by atoms with Crippen LogP contribution in [-0.2, 0) is 19.7 Å². The summed E-state index contributed by atoms with van der Waals surface area (Å²) in [6, 6.07) is 5.03. The van der Waals surface area contributed by atoms with Gasteiger partial charge in [-0.15, -0.1) is 0 Å². The van der Waals surface area contributed by atoms with Crippen LogP contribution in [0.15, 0.2) is 41.3 Å². The fourth-order valence-electron chi connectivity index (χ4n) is 2.83. The Bertz CT molecular complexity index is 1160. The van der Waals surface area contributed by atoms with Crippen LogP contribution in [0.4, 0.5) is 18.9 Å². The number of rotatable bonds is 4. The van der Waals surface area contributed by atoms with Gasteiger partial charge in [0.05, 0.1) is 27.2 Å². The van der Waals surface area contributed by atoms with Gasteiger partial charge in [-0.3, -0.25) is 4.79 Å². The predicted octanol–water partition coefficient (Wildman–Crippen LogP) is 2.32. The Morgan fingerprint density at radius 2 is 1.68 bits per heavy atom.